The second-order valence-corrected chi connectivity index (χ2v) is 21.1. The summed E-state index contributed by atoms with van der Waals surface area (Å²) in [5.74, 6) is -0.205. The van der Waals surface area contributed by atoms with Gasteiger partial charge in [-0.3, -0.25) is 4.79 Å². The van der Waals surface area contributed by atoms with Crippen LogP contribution in [0.4, 0.5) is 0 Å². The number of carbonyl (C=O) groups is 1. The van der Waals surface area contributed by atoms with Crippen LogP contribution in [0.1, 0.15) is 226 Å². The fourth-order valence-corrected chi connectivity index (χ4v) is 8.88. The smallest absolute Gasteiger partial charge is 0.220 e. The van der Waals surface area contributed by atoms with Gasteiger partial charge in [0.1, 0.15) is 24.4 Å². The molecule has 1 heterocycles. The van der Waals surface area contributed by atoms with Gasteiger partial charge in [0.05, 0.1) is 25.4 Å². The first-order valence-electron chi connectivity index (χ1n) is 31.7. The summed E-state index contributed by atoms with van der Waals surface area (Å²) in [6.07, 6.45) is 84.6. The summed E-state index contributed by atoms with van der Waals surface area (Å²) in [6.45, 7) is 3.63. The Kier molecular flexibility index (Phi) is 53.5. The summed E-state index contributed by atoms with van der Waals surface area (Å²) < 4.78 is 11.2. The van der Waals surface area contributed by atoms with E-state index in [-0.39, 0.29) is 12.5 Å². The van der Waals surface area contributed by atoms with Gasteiger partial charge < -0.3 is 40.3 Å². The summed E-state index contributed by atoms with van der Waals surface area (Å²) in [6, 6.07) is -0.839. The summed E-state index contributed by atoms with van der Waals surface area (Å²) >= 11 is 0. The fraction of sp³-hybridized carbons (Fsp3) is 0.620. The van der Waals surface area contributed by atoms with Crippen molar-refractivity contribution in [2.75, 3.05) is 13.2 Å². The summed E-state index contributed by atoms with van der Waals surface area (Å²) in [7, 11) is 0. The highest BCUT2D eigenvalue weighted by molar-refractivity contribution is 5.76. The molecule has 6 N–H and O–H groups in total. The summed E-state index contributed by atoms with van der Waals surface area (Å²) in [5.41, 5.74) is 0. The van der Waals surface area contributed by atoms with E-state index in [4.69, 9.17) is 9.47 Å². The maximum atomic E-state index is 13.1. The number of aliphatic hydroxyl groups is 5. The average molecular weight is 1110 g/mol. The minimum atomic E-state index is -1.58. The molecule has 0 spiro atoms. The van der Waals surface area contributed by atoms with Gasteiger partial charge in [0.25, 0.3) is 0 Å². The van der Waals surface area contributed by atoms with Gasteiger partial charge in [0, 0.05) is 6.42 Å². The van der Waals surface area contributed by atoms with E-state index in [1.165, 1.54) is 83.5 Å². The molecule has 9 heteroatoms. The highest BCUT2D eigenvalue weighted by Gasteiger charge is 2.44. The minimum absolute atomic E-state index is 0.205. The molecule has 1 rings (SSSR count). The van der Waals surface area contributed by atoms with Crippen LogP contribution in [-0.4, -0.2) is 87.5 Å². The van der Waals surface area contributed by atoms with Crippen LogP contribution in [0.3, 0.4) is 0 Å². The predicted octanol–water partition coefficient (Wildman–Crippen LogP) is 16.8. The number of hydrogen-bond donors (Lipinski definition) is 6. The molecule has 1 aliphatic rings. The maximum Gasteiger partial charge on any atom is 0.220 e. The first-order chi connectivity index (χ1) is 39.3. The second kappa shape index (κ2) is 58.0. The molecule has 7 atom stereocenters. The van der Waals surface area contributed by atoms with Crippen LogP contribution < -0.4 is 5.32 Å². The molecular formula is C71H115NO8. The first-order valence-corrected chi connectivity index (χ1v) is 31.7. The lowest BCUT2D eigenvalue weighted by Crippen LogP contribution is -2.60. The predicted molar refractivity (Wildman–Crippen MR) is 340 cm³/mol. The van der Waals surface area contributed by atoms with Crippen LogP contribution in [0.5, 0.6) is 0 Å². The first kappa shape index (κ1) is 73.8. The van der Waals surface area contributed by atoms with Crippen LogP contribution >= 0.6 is 0 Å². The van der Waals surface area contributed by atoms with E-state index in [0.29, 0.717) is 6.42 Å². The van der Waals surface area contributed by atoms with Crippen LogP contribution in [0.15, 0.2) is 158 Å². The van der Waals surface area contributed by atoms with E-state index in [9.17, 15) is 30.3 Å². The van der Waals surface area contributed by atoms with Gasteiger partial charge >= 0.3 is 0 Å². The highest BCUT2D eigenvalue weighted by atomic mass is 16.7. The molecule has 0 aliphatic carbocycles. The lowest BCUT2D eigenvalue weighted by atomic mass is 9.99. The van der Waals surface area contributed by atoms with Gasteiger partial charge in [0.15, 0.2) is 6.29 Å². The topological polar surface area (TPSA) is 149 Å². The molecule has 0 aromatic rings. The quantitative estimate of drug-likeness (QED) is 0.0261. The van der Waals surface area contributed by atoms with Crippen molar-refractivity contribution in [3.05, 3.63) is 158 Å². The number of unbranched alkanes of at least 4 members (excludes halogenated alkanes) is 18. The third-order valence-electron chi connectivity index (χ3n) is 13.8. The van der Waals surface area contributed by atoms with Crippen molar-refractivity contribution in [2.45, 2.75) is 269 Å². The molecule has 452 valence electrons. The van der Waals surface area contributed by atoms with E-state index in [0.717, 1.165) is 122 Å². The zero-order valence-corrected chi connectivity index (χ0v) is 50.3. The maximum absolute atomic E-state index is 13.1. The molecule has 0 radical (unpaired) electrons. The largest absolute Gasteiger partial charge is 0.394 e. The van der Waals surface area contributed by atoms with E-state index >= 15 is 0 Å². The number of nitrogens with one attached hydrogen (secondary N) is 1. The van der Waals surface area contributed by atoms with Crippen LogP contribution in [0.2, 0.25) is 0 Å². The molecule has 1 aliphatic heterocycles. The van der Waals surface area contributed by atoms with E-state index in [1.807, 2.05) is 6.08 Å². The molecule has 0 aromatic heterocycles. The Labute approximate surface area is 488 Å². The number of hydrogen-bond acceptors (Lipinski definition) is 8. The van der Waals surface area contributed by atoms with Gasteiger partial charge in [-0.2, -0.15) is 0 Å². The molecule has 0 bridgehead atoms. The Morgan fingerprint density at radius 1 is 0.438 bits per heavy atom. The lowest BCUT2D eigenvalue weighted by Gasteiger charge is -2.40. The van der Waals surface area contributed by atoms with Crippen molar-refractivity contribution >= 4 is 5.91 Å². The van der Waals surface area contributed by atoms with Crippen LogP contribution in [0, 0.1) is 0 Å². The summed E-state index contributed by atoms with van der Waals surface area (Å²) in [5, 5.41) is 54.5. The molecule has 0 aromatic carbocycles. The Bertz CT molecular complexity index is 1810. The van der Waals surface area contributed by atoms with Crippen molar-refractivity contribution in [2.24, 2.45) is 0 Å². The normalized spacial score (nSPS) is 19.6. The van der Waals surface area contributed by atoms with Crippen molar-refractivity contribution < 1.29 is 39.8 Å². The fourth-order valence-electron chi connectivity index (χ4n) is 8.88. The van der Waals surface area contributed by atoms with Gasteiger partial charge in [0.2, 0.25) is 5.91 Å². The van der Waals surface area contributed by atoms with Gasteiger partial charge in [-0.1, -0.05) is 262 Å². The Balaban J connectivity index is 2.18. The monoisotopic (exact) mass is 1110 g/mol. The average Bonchev–Trinajstić information content (AvgIpc) is 3.46. The molecule has 1 saturated heterocycles. The third kappa shape index (κ3) is 46.4. The molecule has 80 heavy (non-hydrogen) atoms. The SMILES string of the molecule is CC/C=C\C/C=C\C/C=C\C/C=C\C/C=C\C/C=C\C/C=C\C/C=C\C/C=C\C/C=C\C/C=C\CCCCCCCCCC(=O)NC(COC1OC(CO)C(O)C(O)C1O)C(O)/C=C/CC/C=C/CCCCCCCCCCCC. The van der Waals surface area contributed by atoms with Crippen LogP contribution in [0.25, 0.3) is 0 Å². The second-order valence-electron chi connectivity index (χ2n) is 21.1. The van der Waals surface area contributed by atoms with Crippen molar-refractivity contribution in [1.29, 1.82) is 0 Å². The zero-order valence-electron chi connectivity index (χ0n) is 50.3. The number of ether oxygens (including phenoxy) is 2. The van der Waals surface area contributed by atoms with E-state index in [2.05, 4.69) is 165 Å². The van der Waals surface area contributed by atoms with Crippen molar-refractivity contribution in [1.82, 2.24) is 5.32 Å². The van der Waals surface area contributed by atoms with Crippen molar-refractivity contribution in [3.63, 3.8) is 0 Å². The number of rotatable bonds is 52. The minimum Gasteiger partial charge on any atom is -0.394 e. The molecule has 1 amide bonds. The van der Waals surface area contributed by atoms with Gasteiger partial charge in [-0.15, -0.1) is 0 Å². The summed E-state index contributed by atoms with van der Waals surface area (Å²) in [4.78, 5) is 13.1. The molecule has 9 nitrogen and oxygen atoms in total. The van der Waals surface area contributed by atoms with Gasteiger partial charge in [-0.05, 0) is 116 Å². The third-order valence-corrected chi connectivity index (χ3v) is 13.8. The standard InChI is InChI=1S/C71H115NO8/c1-3-5-7-9-11-13-15-17-19-21-22-23-24-25-26-27-28-29-30-31-32-33-34-35-36-37-38-39-40-41-42-43-44-45-47-49-51-53-55-57-59-61-67(75)72-64(63-79-71-70(78)69(77)68(76)66(62-73)80-71)65(74)60-58-56-54-52-50-48-46-20-18-16-14-12-10-8-6-4-2/h5,7,11,13,17,19,22-23,25-26,28-29,31-32,34-35,37-38,40-41,43-44,50,52,58,60,64-66,68-71,73-74,76-78H,3-4,6,8-10,12,14-16,18,20-21,24,27,30,33,36,39,42,45-49,51,53-57,59,61-63H2,1-2H3,(H,72,75)/b7-5-,13-11-,19-17-,23-22-,26-25-,29-28-,32-31-,35-34-,38-37-,41-40-,44-43-,52-50+,60-58+. The lowest BCUT2D eigenvalue weighted by molar-refractivity contribution is -0.302. The Morgan fingerprint density at radius 2 is 0.787 bits per heavy atom. The van der Waals surface area contributed by atoms with E-state index < -0.39 is 49.5 Å². The molecular weight excluding hydrogens is 995 g/mol. The molecule has 1 fully saturated rings. The Morgan fingerprint density at radius 3 is 1.20 bits per heavy atom. The van der Waals surface area contributed by atoms with Crippen molar-refractivity contribution in [3.8, 4) is 0 Å². The number of carbonyl (C=O) groups excluding carboxylic acids is 1. The van der Waals surface area contributed by atoms with E-state index in [1.54, 1.807) is 6.08 Å². The zero-order chi connectivity index (χ0) is 57.9. The number of aliphatic hydroxyl groups excluding tert-OH is 5. The number of amides is 1. The highest BCUT2D eigenvalue weighted by Crippen LogP contribution is 2.23. The molecule has 7 unspecified atom stereocenters. The van der Waals surface area contributed by atoms with Gasteiger partial charge in [-0.25, -0.2) is 0 Å². The molecule has 0 saturated carbocycles. The Hall–Kier alpha value is -4.19. The van der Waals surface area contributed by atoms with Crippen LogP contribution in [-0.2, 0) is 14.3 Å². The number of allylic oxidation sites excluding steroid dienone is 25.